The van der Waals surface area contributed by atoms with E-state index in [2.05, 4.69) is 191 Å². The quantitative estimate of drug-likeness (QED) is 0.0146. The number of aliphatic hydroxyl groups excluding tert-OH is 2. The van der Waals surface area contributed by atoms with Crippen LogP contribution in [-0.4, -0.2) is 95.9 Å². The zero-order valence-electron chi connectivity index (χ0n) is 61.1. The summed E-state index contributed by atoms with van der Waals surface area (Å²) in [6, 6.07) is 0. The monoisotopic (exact) mass is 1420 g/mol. The number of ether oxygens (including phenoxy) is 3. The van der Waals surface area contributed by atoms with Crippen molar-refractivity contribution >= 4 is 33.6 Å². The van der Waals surface area contributed by atoms with Gasteiger partial charge in [0.1, 0.15) is 25.4 Å². The Labute approximate surface area is 599 Å². The van der Waals surface area contributed by atoms with Gasteiger partial charge in [-0.15, -0.1) is 0 Å². The first-order valence-electron chi connectivity index (χ1n) is 37.4. The van der Waals surface area contributed by atoms with Crippen molar-refractivity contribution in [1.82, 2.24) is 0 Å². The van der Waals surface area contributed by atoms with Crippen molar-refractivity contribution in [2.24, 2.45) is 0 Å². The fraction of sp³-hybridized carbons (Fsp3) is 0.617. The van der Waals surface area contributed by atoms with Gasteiger partial charge in [-0.1, -0.05) is 268 Å². The molecule has 0 aliphatic rings. The molecule has 0 aromatic heterocycles. The van der Waals surface area contributed by atoms with Crippen LogP contribution in [0.25, 0.3) is 0 Å². The molecule has 5 unspecified atom stereocenters. The Morgan fingerprint density at radius 3 is 0.808 bits per heavy atom. The molecule has 0 radical (unpaired) electrons. The Bertz CT molecular complexity index is 2480. The summed E-state index contributed by atoms with van der Waals surface area (Å²) in [4.78, 5) is 58.6. The molecule has 0 spiro atoms. The van der Waals surface area contributed by atoms with Crippen molar-refractivity contribution in [3.63, 3.8) is 0 Å². The van der Waals surface area contributed by atoms with E-state index in [4.69, 9.17) is 32.3 Å². The van der Waals surface area contributed by atoms with Gasteiger partial charge in [0.15, 0.2) is 6.10 Å². The van der Waals surface area contributed by atoms with Crippen LogP contribution in [-0.2, 0) is 55.8 Å². The summed E-state index contributed by atoms with van der Waals surface area (Å²) >= 11 is 0. The van der Waals surface area contributed by atoms with Crippen molar-refractivity contribution in [2.45, 2.75) is 283 Å². The van der Waals surface area contributed by atoms with Crippen molar-refractivity contribution in [3.05, 3.63) is 170 Å². The highest BCUT2D eigenvalue weighted by Crippen LogP contribution is 2.45. The number of allylic oxidation sites excluding steroid dienone is 28. The predicted octanol–water partition coefficient (Wildman–Crippen LogP) is 21.6. The Morgan fingerprint density at radius 2 is 0.505 bits per heavy atom. The van der Waals surface area contributed by atoms with Gasteiger partial charge in [0.05, 0.1) is 26.4 Å². The molecule has 0 amide bonds. The number of unbranched alkanes of at least 4 members (excludes halogenated alkanes) is 18. The van der Waals surface area contributed by atoms with E-state index >= 15 is 0 Å². The van der Waals surface area contributed by atoms with E-state index in [-0.39, 0.29) is 19.3 Å². The molecule has 0 bridgehead atoms. The Kier molecular flexibility index (Phi) is 69.0. The second kappa shape index (κ2) is 72.7. The van der Waals surface area contributed by atoms with Gasteiger partial charge in [0.25, 0.3) is 0 Å². The molecule has 0 saturated heterocycles. The van der Waals surface area contributed by atoms with Crippen LogP contribution in [0.15, 0.2) is 170 Å². The van der Waals surface area contributed by atoms with Gasteiger partial charge in [0.2, 0.25) is 0 Å². The predicted molar refractivity (Wildman–Crippen MR) is 408 cm³/mol. The fourth-order valence-corrected chi connectivity index (χ4v) is 10.9. The minimum Gasteiger partial charge on any atom is -0.463 e. The number of hydrogen-bond donors (Lipinski definition) is 4. The molecule has 0 aliphatic heterocycles. The number of aliphatic hydroxyl groups is 2. The lowest BCUT2D eigenvalue weighted by atomic mass is 10.1. The maximum atomic E-state index is 13.0. The zero-order chi connectivity index (χ0) is 72.3. The van der Waals surface area contributed by atoms with Crippen LogP contribution >= 0.6 is 15.6 Å². The molecule has 0 saturated carbocycles. The molecule has 99 heavy (non-hydrogen) atoms. The highest BCUT2D eigenvalue weighted by molar-refractivity contribution is 7.47. The summed E-state index contributed by atoms with van der Waals surface area (Å²) in [6.07, 6.45) is 91.1. The molecule has 5 atom stereocenters. The van der Waals surface area contributed by atoms with Crippen LogP contribution in [0, 0.1) is 0 Å². The first-order chi connectivity index (χ1) is 48.2. The molecule has 562 valence electrons. The molecule has 0 aliphatic carbocycles. The molecular weight excluding hydrogens is 1290 g/mol. The second-order valence-corrected chi connectivity index (χ2v) is 27.2. The average Bonchev–Trinajstić information content (AvgIpc) is 2.62. The summed E-state index contributed by atoms with van der Waals surface area (Å²) in [6.45, 7) is 2.26. The van der Waals surface area contributed by atoms with Gasteiger partial charge < -0.3 is 34.2 Å². The topological polar surface area (TPSA) is 231 Å². The summed E-state index contributed by atoms with van der Waals surface area (Å²) in [5.41, 5.74) is 0. The second-order valence-electron chi connectivity index (χ2n) is 24.3. The van der Waals surface area contributed by atoms with E-state index in [0.29, 0.717) is 19.3 Å². The Hall–Kier alpha value is -5.09. The van der Waals surface area contributed by atoms with E-state index in [1.54, 1.807) is 0 Å². The lowest BCUT2D eigenvalue weighted by Crippen LogP contribution is -2.30. The molecule has 0 heterocycles. The van der Waals surface area contributed by atoms with Crippen LogP contribution in [0.3, 0.4) is 0 Å². The molecule has 0 aromatic carbocycles. The van der Waals surface area contributed by atoms with E-state index in [9.17, 15) is 43.5 Å². The maximum absolute atomic E-state index is 13.0. The van der Waals surface area contributed by atoms with Crippen molar-refractivity contribution < 1.29 is 75.8 Å². The number of rotatable bonds is 69. The molecule has 0 rings (SSSR count). The third-order valence-electron chi connectivity index (χ3n) is 14.9. The van der Waals surface area contributed by atoms with Crippen LogP contribution in [0.5, 0.6) is 0 Å². The third-order valence-corrected chi connectivity index (χ3v) is 16.8. The standard InChI is InChI=1S/C81H132O16P2/c1-4-7-10-13-16-19-22-25-28-31-33-34-35-36-37-38-39-40-42-45-46-49-52-55-58-61-64-67-79(84)91-70-76(82)71-93-98(87,88)94-72-77(83)73-95-99(89,90)96-75-78(97-81(86)69-66-63-60-57-54-51-48-43-30-27-24-21-18-15-12-9-6-3)74-92-80(85)68-65-62-59-56-53-50-47-44-41-32-29-26-23-20-17-14-11-8-5-2/h7-12,16-21,25-30,33-34,36-37,39-41,44,50,53,76-78,82-83H,4-6,13-15,22-24,31-32,35,38,42-43,45-49,51-52,54-75H2,1-3H3,(H,87,88)(H,89,90)/b10-7-,11-8-,12-9-,19-16-,20-17-,21-18-,28-25-,29-26-,30-27-,34-33-,37-36-,40-39-,44-41-,53-50-. The molecule has 0 aromatic rings. The largest absolute Gasteiger partial charge is 0.472 e. The van der Waals surface area contributed by atoms with Crippen LogP contribution < -0.4 is 0 Å². The molecule has 0 fully saturated rings. The maximum Gasteiger partial charge on any atom is 0.472 e. The minimum absolute atomic E-state index is 0.0795. The van der Waals surface area contributed by atoms with E-state index in [1.807, 2.05) is 0 Å². The molecular formula is C81H132O16P2. The third kappa shape index (κ3) is 73.9. The normalized spacial score (nSPS) is 15.0. The summed E-state index contributed by atoms with van der Waals surface area (Å²) in [5.74, 6) is -1.64. The van der Waals surface area contributed by atoms with Crippen LogP contribution in [0.2, 0.25) is 0 Å². The number of phosphoric acid groups is 2. The molecule has 16 nitrogen and oxygen atoms in total. The van der Waals surface area contributed by atoms with Crippen molar-refractivity contribution in [3.8, 4) is 0 Å². The van der Waals surface area contributed by atoms with Gasteiger partial charge in [-0.3, -0.25) is 32.5 Å². The highest BCUT2D eigenvalue weighted by atomic mass is 31.2. The van der Waals surface area contributed by atoms with E-state index < -0.39 is 91.5 Å². The van der Waals surface area contributed by atoms with Crippen molar-refractivity contribution in [2.75, 3.05) is 39.6 Å². The number of carbonyl (C=O) groups is 3. The number of carbonyl (C=O) groups excluding carboxylic acids is 3. The highest BCUT2D eigenvalue weighted by Gasteiger charge is 2.29. The summed E-state index contributed by atoms with van der Waals surface area (Å²) in [5, 5.41) is 20.6. The van der Waals surface area contributed by atoms with E-state index in [0.717, 1.165) is 186 Å². The van der Waals surface area contributed by atoms with Crippen molar-refractivity contribution in [1.29, 1.82) is 0 Å². The Morgan fingerprint density at radius 1 is 0.283 bits per heavy atom. The molecule has 18 heteroatoms. The minimum atomic E-state index is -4.95. The number of phosphoric ester groups is 2. The zero-order valence-corrected chi connectivity index (χ0v) is 62.9. The fourth-order valence-electron chi connectivity index (χ4n) is 9.32. The number of esters is 3. The van der Waals surface area contributed by atoms with Gasteiger partial charge in [-0.05, 0) is 148 Å². The van der Waals surface area contributed by atoms with Crippen LogP contribution in [0.4, 0.5) is 0 Å². The van der Waals surface area contributed by atoms with E-state index in [1.165, 1.54) is 19.3 Å². The average molecular weight is 1420 g/mol. The summed E-state index contributed by atoms with van der Waals surface area (Å²) in [7, 11) is -9.81. The SMILES string of the molecule is CC/C=C\C/C=C\C/C=C\C/C=C\C/C=C\C/C=C\CCCCCCCCCCC(=O)OCC(O)COP(=O)(O)OCC(O)COP(=O)(O)OCC(COC(=O)CCCCC/C=C\C/C=C\C/C=C\C/C=C\C/C=C\CC)OC(=O)CCCCCCCCC/C=C\C/C=C\C/C=C\CC. The lowest BCUT2D eigenvalue weighted by Gasteiger charge is -2.21. The summed E-state index contributed by atoms with van der Waals surface area (Å²) < 4.78 is 61.0. The Balaban J connectivity index is 4.65. The number of hydrogen-bond acceptors (Lipinski definition) is 14. The molecule has 4 N–H and O–H groups in total. The van der Waals surface area contributed by atoms with Gasteiger partial charge >= 0.3 is 33.6 Å². The van der Waals surface area contributed by atoms with Gasteiger partial charge in [0, 0.05) is 19.3 Å². The smallest absolute Gasteiger partial charge is 0.463 e. The lowest BCUT2D eigenvalue weighted by molar-refractivity contribution is -0.161. The van der Waals surface area contributed by atoms with Crippen LogP contribution in [0.1, 0.15) is 265 Å². The van der Waals surface area contributed by atoms with Gasteiger partial charge in [-0.2, -0.15) is 0 Å². The van der Waals surface area contributed by atoms with Gasteiger partial charge in [-0.25, -0.2) is 9.13 Å². The first kappa shape index (κ1) is 93.9. The first-order valence-corrected chi connectivity index (χ1v) is 40.4.